The number of aromatic amines is 1. The first-order valence-electron chi connectivity index (χ1n) is 6.33. The summed E-state index contributed by atoms with van der Waals surface area (Å²) in [5, 5.41) is 3.45. The summed E-state index contributed by atoms with van der Waals surface area (Å²) < 4.78 is 0.529. The largest absolute Gasteiger partial charge is 0.351 e. The molecule has 6 heteroatoms. The van der Waals surface area contributed by atoms with Crippen LogP contribution < -0.4 is 15.8 Å². The minimum Gasteiger partial charge on any atom is -0.351 e. The Morgan fingerprint density at radius 2 is 2.44 bits per heavy atom. The van der Waals surface area contributed by atoms with Gasteiger partial charge in [-0.25, -0.2) is 4.98 Å². The quantitative estimate of drug-likeness (QED) is 0.884. The molecule has 0 spiro atoms. The van der Waals surface area contributed by atoms with Crippen LogP contribution in [-0.2, 0) is 0 Å². The third kappa shape index (κ3) is 2.92. The number of rotatable bonds is 4. The fraction of sp³-hybridized carbons (Fsp3) is 0.667. The number of H-pyrrole nitrogens is 1. The van der Waals surface area contributed by atoms with Crippen molar-refractivity contribution in [2.75, 3.05) is 18.0 Å². The van der Waals surface area contributed by atoms with Gasteiger partial charge in [0.2, 0.25) is 0 Å². The van der Waals surface area contributed by atoms with Crippen molar-refractivity contribution in [3.8, 4) is 0 Å². The van der Waals surface area contributed by atoms with Crippen molar-refractivity contribution in [1.29, 1.82) is 0 Å². The Morgan fingerprint density at radius 3 is 3.17 bits per heavy atom. The van der Waals surface area contributed by atoms with Gasteiger partial charge < -0.3 is 15.2 Å². The highest BCUT2D eigenvalue weighted by Gasteiger charge is 2.27. The van der Waals surface area contributed by atoms with Crippen LogP contribution in [0.3, 0.4) is 0 Å². The molecule has 0 radical (unpaired) electrons. The number of hydrogen-bond acceptors (Lipinski definition) is 4. The highest BCUT2D eigenvalue weighted by molar-refractivity contribution is 9.10. The molecule has 2 heterocycles. The smallest absolute Gasteiger partial charge is 0.267 e. The second-order valence-electron chi connectivity index (χ2n) is 4.92. The lowest BCUT2D eigenvalue weighted by atomic mass is 10.2. The topological polar surface area (TPSA) is 61.0 Å². The highest BCUT2D eigenvalue weighted by atomic mass is 79.9. The maximum atomic E-state index is 11.6. The van der Waals surface area contributed by atoms with Crippen LogP contribution in [0.25, 0.3) is 0 Å². The Morgan fingerprint density at radius 1 is 1.67 bits per heavy atom. The SMILES string of the molecule is CC(C)NCC1CCCN1c1nc[nH]c(=O)c1Br. The van der Waals surface area contributed by atoms with E-state index in [2.05, 4.69) is 50.0 Å². The molecule has 1 aromatic rings. The zero-order valence-electron chi connectivity index (χ0n) is 10.7. The predicted molar refractivity (Wildman–Crippen MR) is 76.1 cm³/mol. The monoisotopic (exact) mass is 314 g/mol. The predicted octanol–water partition coefficient (Wildman–Crippen LogP) is 1.50. The lowest BCUT2D eigenvalue weighted by Gasteiger charge is -2.27. The zero-order valence-corrected chi connectivity index (χ0v) is 12.3. The van der Waals surface area contributed by atoms with Gasteiger partial charge in [0.05, 0.1) is 6.33 Å². The molecule has 0 bridgehead atoms. The minimum absolute atomic E-state index is 0.123. The maximum Gasteiger partial charge on any atom is 0.267 e. The summed E-state index contributed by atoms with van der Waals surface area (Å²) in [5.74, 6) is 0.756. The van der Waals surface area contributed by atoms with Crippen molar-refractivity contribution >= 4 is 21.7 Å². The Balaban J connectivity index is 2.16. The summed E-state index contributed by atoms with van der Waals surface area (Å²) in [6.45, 7) is 6.17. The van der Waals surface area contributed by atoms with E-state index in [0.29, 0.717) is 16.6 Å². The van der Waals surface area contributed by atoms with E-state index in [1.807, 2.05) is 0 Å². The number of nitrogens with one attached hydrogen (secondary N) is 2. The van der Waals surface area contributed by atoms with Crippen LogP contribution >= 0.6 is 15.9 Å². The first kappa shape index (κ1) is 13.5. The number of halogens is 1. The Hall–Kier alpha value is -0.880. The van der Waals surface area contributed by atoms with E-state index in [-0.39, 0.29) is 5.56 Å². The number of hydrogen-bond donors (Lipinski definition) is 2. The van der Waals surface area contributed by atoms with Crippen molar-refractivity contribution in [2.24, 2.45) is 0 Å². The van der Waals surface area contributed by atoms with Gasteiger partial charge in [0.25, 0.3) is 5.56 Å². The van der Waals surface area contributed by atoms with Crippen LogP contribution in [0.5, 0.6) is 0 Å². The standard InChI is InChI=1S/C12H19BrN4O/c1-8(2)14-6-9-4-3-5-17(9)11-10(13)12(18)16-7-15-11/h7-9,14H,3-6H2,1-2H3,(H,15,16,18). The van der Waals surface area contributed by atoms with E-state index in [0.717, 1.165) is 31.7 Å². The zero-order chi connectivity index (χ0) is 13.1. The van der Waals surface area contributed by atoms with Gasteiger partial charge in [-0.2, -0.15) is 0 Å². The Labute approximate surface area is 115 Å². The normalized spacial score (nSPS) is 19.8. The van der Waals surface area contributed by atoms with Crippen LogP contribution in [0.1, 0.15) is 26.7 Å². The van der Waals surface area contributed by atoms with Crippen LogP contribution in [0.15, 0.2) is 15.6 Å². The van der Waals surface area contributed by atoms with Gasteiger partial charge in [-0.05, 0) is 28.8 Å². The molecule has 2 rings (SSSR count). The van der Waals surface area contributed by atoms with Gasteiger partial charge >= 0.3 is 0 Å². The van der Waals surface area contributed by atoms with Gasteiger partial charge in [0.15, 0.2) is 5.82 Å². The molecule has 0 aliphatic carbocycles. The molecule has 5 nitrogen and oxygen atoms in total. The fourth-order valence-corrected chi connectivity index (χ4v) is 2.72. The average Bonchev–Trinajstić information content (AvgIpc) is 2.78. The van der Waals surface area contributed by atoms with Crippen molar-refractivity contribution in [3.63, 3.8) is 0 Å². The molecule has 1 unspecified atom stereocenters. The highest BCUT2D eigenvalue weighted by Crippen LogP contribution is 2.27. The summed E-state index contributed by atoms with van der Waals surface area (Å²) in [7, 11) is 0. The molecule has 1 atom stereocenters. The lowest BCUT2D eigenvalue weighted by molar-refractivity contribution is 0.522. The van der Waals surface area contributed by atoms with Crippen molar-refractivity contribution < 1.29 is 0 Å². The van der Waals surface area contributed by atoms with Gasteiger partial charge in [-0.1, -0.05) is 13.8 Å². The molecule has 0 saturated carbocycles. The molecule has 1 fully saturated rings. The van der Waals surface area contributed by atoms with Crippen LogP contribution in [0, 0.1) is 0 Å². The molecule has 1 aromatic heterocycles. The maximum absolute atomic E-state index is 11.6. The second kappa shape index (κ2) is 5.84. The molecular weight excluding hydrogens is 296 g/mol. The number of anilines is 1. The van der Waals surface area contributed by atoms with Crippen molar-refractivity contribution in [2.45, 2.75) is 38.8 Å². The Kier molecular flexibility index (Phi) is 4.40. The molecule has 1 saturated heterocycles. The van der Waals surface area contributed by atoms with E-state index >= 15 is 0 Å². The van der Waals surface area contributed by atoms with Gasteiger partial charge in [0, 0.05) is 25.2 Å². The summed E-state index contributed by atoms with van der Waals surface area (Å²) in [6.07, 6.45) is 3.75. The van der Waals surface area contributed by atoms with Crippen molar-refractivity contribution in [1.82, 2.24) is 15.3 Å². The average molecular weight is 315 g/mol. The molecular formula is C12H19BrN4O. The summed E-state index contributed by atoms with van der Waals surface area (Å²) in [6, 6.07) is 0.890. The van der Waals surface area contributed by atoms with Gasteiger partial charge in [-0.3, -0.25) is 4.79 Å². The van der Waals surface area contributed by atoms with E-state index in [1.54, 1.807) is 0 Å². The lowest BCUT2D eigenvalue weighted by Crippen LogP contribution is -2.41. The summed E-state index contributed by atoms with van der Waals surface area (Å²) >= 11 is 3.33. The van der Waals surface area contributed by atoms with E-state index in [1.165, 1.54) is 6.33 Å². The third-order valence-electron chi connectivity index (χ3n) is 3.19. The van der Waals surface area contributed by atoms with E-state index in [9.17, 15) is 4.79 Å². The third-order valence-corrected chi connectivity index (χ3v) is 3.90. The molecule has 18 heavy (non-hydrogen) atoms. The first-order chi connectivity index (χ1) is 8.59. The molecule has 1 aliphatic rings. The number of aromatic nitrogens is 2. The second-order valence-corrected chi connectivity index (χ2v) is 5.71. The Bertz CT molecular complexity index is 460. The number of nitrogens with zero attached hydrogens (tertiary/aromatic N) is 2. The fourth-order valence-electron chi connectivity index (χ4n) is 2.27. The van der Waals surface area contributed by atoms with E-state index < -0.39 is 0 Å². The van der Waals surface area contributed by atoms with Crippen LogP contribution in [-0.4, -0.2) is 35.1 Å². The van der Waals surface area contributed by atoms with Crippen LogP contribution in [0.2, 0.25) is 0 Å². The van der Waals surface area contributed by atoms with Gasteiger partial charge in [0.1, 0.15) is 4.47 Å². The minimum atomic E-state index is -0.123. The summed E-state index contributed by atoms with van der Waals surface area (Å²) in [5.41, 5.74) is -0.123. The first-order valence-corrected chi connectivity index (χ1v) is 7.12. The van der Waals surface area contributed by atoms with Crippen LogP contribution in [0.4, 0.5) is 5.82 Å². The molecule has 0 aromatic carbocycles. The van der Waals surface area contributed by atoms with E-state index in [4.69, 9.17) is 0 Å². The molecule has 2 N–H and O–H groups in total. The van der Waals surface area contributed by atoms with Gasteiger partial charge in [-0.15, -0.1) is 0 Å². The molecule has 100 valence electrons. The summed E-state index contributed by atoms with van der Waals surface area (Å²) in [4.78, 5) is 20.7. The molecule has 0 amide bonds. The molecule has 1 aliphatic heterocycles. The van der Waals surface area contributed by atoms with Crippen molar-refractivity contribution in [3.05, 3.63) is 21.2 Å².